The summed E-state index contributed by atoms with van der Waals surface area (Å²) >= 11 is 0. The molecule has 362 valence electrons. The molecule has 0 amide bonds. The van der Waals surface area contributed by atoms with Gasteiger partial charge in [0.2, 0.25) is 0 Å². The molecule has 0 N–H and O–H groups in total. The van der Waals surface area contributed by atoms with Crippen molar-refractivity contribution in [1.29, 1.82) is 0 Å². The van der Waals surface area contributed by atoms with Crippen molar-refractivity contribution in [2.75, 3.05) is 0 Å². The maximum atomic E-state index is 2.58. The Morgan fingerprint density at radius 1 is 0.260 bits per heavy atom. The minimum atomic E-state index is -3.45. The molecule has 11 aromatic carbocycles. The van der Waals surface area contributed by atoms with Gasteiger partial charge >= 0.3 is 0 Å². The van der Waals surface area contributed by atoms with Crippen LogP contribution in [0.4, 0.5) is 0 Å². The quantitative estimate of drug-likeness (QED) is 0.107. The van der Waals surface area contributed by atoms with Crippen LogP contribution >= 0.6 is 0 Å². The molecule has 5 heteroatoms. The Kier molecular flexibility index (Phi) is 9.75. The van der Waals surface area contributed by atoms with Gasteiger partial charge in [-0.1, -0.05) is 194 Å². The zero-order valence-electron chi connectivity index (χ0n) is 42.3. The van der Waals surface area contributed by atoms with E-state index in [-0.39, 0.29) is 0 Å². The summed E-state index contributed by atoms with van der Waals surface area (Å²) in [5.74, 6) is 0. The number of rotatable bonds is 8. The molecule has 0 saturated carbocycles. The number of hydrogen-bond donors (Lipinski definition) is 0. The second-order valence-electron chi connectivity index (χ2n) is 20.7. The number of benzene rings is 11. The minimum Gasteiger partial charge on any atom is -0.310 e. The molecule has 77 heavy (non-hydrogen) atoms. The van der Waals surface area contributed by atoms with E-state index in [9.17, 15) is 0 Å². The first kappa shape index (κ1) is 43.7. The summed E-state index contributed by atoms with van der Waals surface area (Å²) in [6.45, 7) is 0. The predicted octanol–water partition coefficient (Wildman–Crippen LogP) is 15.3. The van der Waals surface area contributed by atoms with Crippen LogP contribution in [-0.4, -0.2) is 26.3 Å². The normalized spacial score (nSPS) is 12.8. The maximum absolute atomic E-state index is 3.45. The van der Waals surface area contributed by atoms with Crippen molar-refractivity contribution >= 4 is 111 Å². The van der Waals surface area contributed by atoms with Crippen LogP contribution in [0.5, 0.6) is 0 Å². The summed E-state index contributed by atoms with van der Waals surface area (Å²) < 4.78 is 10.1. The SMILES string of the molecule is C1=Cc2c(c3ccccc3n2-c2cc(-n3c4ccccc4c4ccccc43)cc([Si](c3ccccc3)(c3ccccc3)c3cc(-n4c5ccccc5c5ccccc54)cc(-n4c5ccccc5c5ccccc54)c3)c2)CC1. The average Bonchev–Trinajstić information content (AvgIpc) is 4.27. The molecule has 4 nitrogen and oxygen atoms in total. The van der Waals surface area contributed by atoms with Gasteiger partial charge in [-0.25, -0.2) is 0 Å². The first-order valence-corrected chi connectivity index (χ1v) is 28.9. The van der Waals surface area contributed by atoms with E-state index in [4.69, 9.17) is 0 Å². The number of nitrogens with zero attached hydrogens (tertiary/aromatic N) is 4. The van der Waals surface area contributed by atoms with Crippen LogP contribution in [0.25, 0.3) is 105 Å². The minimum absolute atomic E-state index is 1.01. The molecule has 16 rings (SSSR count). The Hall–Kier alpha value is -9.68. The number of para-hydroxylation sites is 7. The summed E-state index contributed by atoms with van der Waals surface area (Å²) in [4.78, 5) is 0. The van der Waals surface area contributed by atoms with Gasteiger partial charge in [-0.3, -0.25) is 0 Å². The lowest BCUT2D eigenvalue weighted by molar-refractivity contribution is 0.967. The molecule has 4 heterocycles. The first-order chi connectivity index (χ1) is 38.2. The van der Waals surface area contributed by atoms with E-state index in [2.05, 4.69) is 297 Å². The van der Waals surface area contributed by atoms with Crippen LogP contribution in [-0.2, 0) is 6.42 Å². The van der Waals surface area contributed by atoms with Crippen molar-refractivity contribution in [3.63, 3.8) is 0 Å². The van der Waals surface area contributed by atoms with E-state index in [1.165, 1.54) is 108 Å². The van der Waals surface area contributed by atoms with Gasteiger partial charge in [0.1, 0.15) is 0 Å². The molecule has 0 aliphatic heterocycles. The molecule has 0 radical (unpaired) electrons. The maximum Gasteiger partial charge on any atom is 0.179 e. The molecular formula is C72H50N4Si. The molecule has 15 aromatic rings. The van der Waals surface area contributed by atoms with Crippen LogP contribution in [0.2, 0.25) is 0 Å². The third-order valence-electron chi connectivity index (χ3n) is 16.7. The lowest BCUT2D eigenvalue weighted by atomic mass is 10.0. The van der Waals surface area contributed by atoms with Gasteiger partial charge in [0.25, 0.3) is 0 Å². The third kappa shape index (κ3) is 6.44. The van der Waals surface area contributed by atoms with E-state index < -0.39 is 8.07 Å². The summed E-state index contributed by atoms with van der Waals surface area (Å²) in [7, 11) is -3.45. The van der Waals surface area contributed by atoms with Crippen molar-refractivity contribution in [3.05, 3.63) is 284 Å². The summed E-state index contributed by atoms with van der Waals surface area (Å²) in [5.41, 5.74) is 15.5. The van der Waals surface area contributed by atoms with Gasteiger partial charge in [0, 0.05) is 66.1 Å². The van der Waals surface area contributed by atoms with Crippen LogP contribution < -0.4 is 20.7 Å². The summed E-state index contributed by atoms with van der Waals surface area (Å²) in [6.07, 6.45) is 6.77. The molecule has 0 unspecified atom stereocenters. The van der Waals surface area contributed by atoms with Crippen molar-refractivity contribution < 1.29 is 0 Å². The first-order valence-electron chi connectivity index (χ1n) is 26.9. The van der Waals surface area contributed by atoms with Gasteiger partial charge in [-0.2, -0.15) is 0 Å². The molecule has 0 spiro atoms. The zero-order valence-corrected chi connectivity index (χ0v) is 43.3. The smallest absolute Gasteiger partial charge is 0.179 e. The lowest BCUT2D eigenvalue weighted by Crippen LogP contribution is -2.75. The Morgan fingerprint density at radius 2 is 0.545 bits per heavy atom. The van der Waals surface area contributed by atoms with E-state index >= 15 is 0 Å². The van der Waals surface area contributed by atoms with Crippen LogP contribution in [0.3, 0.4) is 0 Å². The monoisotopic (exact) mass is 998 g/mol. The Morgan fingerprint density at radius 3 is 0.896 bits per heavy atom. The lowest BCUT2D eigenvalue weighted by Gasteiger charge is -2.36. The van der Waals surface area contributed by atoms with Gasteiger partial charge in [0.15, 0.2) is 8.07 Å². The number of aromatic nitrogens is 4. The standard InChI is InChI=1S/C72H50N4Si/c1-3-23-53(24-4-1)77(54-25-5-2-6-26-54,55-45-49(73-65-35-15-7-27-57(65)58-28-8-16-36-66(58)73)43-50(46-55)74-67-37-17-9-29-59(67)60-30-10-18-38-68(60)74)56-47-51(75-69-39-19-11-31-61(69)62-32-12-20-40-70(62)75)44-52(48-56)76-71-41-21-13-33-63(71)64-34-14-22-42-72(64)76/h1-13,15-33,35-48H,14,34H2. The summed E-state index contributed by atoms with van der Waals surface area (Å²) in [5, 5.41) is 14.0. The zero-order chi connectivity index (χ0) is 50.6. The predicted molar refractivity (Wildman–Crippen MR) is 327 cm³/mol. The van der Waals surface area contributed by atoms with Gasteiger partial charge in [-0.15, -0.1) is 0 Å². The molecule has 0 saturated heterocycles. The highest BCUT2D eigenvalue weighted by atomic mass is 28.3. The largest absolute Gasteiger partial charge is 0.310 e. The molecule has 1 aliphatic carbocycles. The van der Waals surface area contributed by atoms with Crippen molar-refractivity contribution in [2.24, 2.45) is 0 Å². The average molecular weight is 999 g/mol. The van der Waals surface area contributed by atoms with E-state index in [0.29, 0.717) is 0 Å². The Bertz CT molecular complexity index is 4540. The summed E-state index contributed by atoms with van der Waals surface area (Å²) in [6, 6.07) is 101. The fraction of sp³-hybridized carbons (Fsp3) is 0.0278. The van der Waals surface area contributed by atoms with Gasteiger partial charge in [-0.05, 0) is 124 Å². The molecule has 0 bridgehead atoms. The third-order valence-corrected chi connectivity index (χ3v) is 21.4. The van der Waals surface area contributed by atoms with Crippen LogP contribution in [0, 0.1) is 0 Å². The number of allylic oxidation sites excluding steroid dienone is 1. The second kappa shape index (κ2) is 17.2. The fourth-order valence-corrected chi connectivity index (χ4v) is 18.4. The van der Waals surface area contributed by atoms with Gasteiger partial charge < -0.3 is 18.3 Å². The number of aryl methyl sites for hydroxylation is 1. The second-order valence-corrected chi connectivity index (χ2v) is 24.5. The molecule has 1 aliphatic rings. The molecule has 0 fully saturated rings. The van der Waals surface area contributed by atoms with Crippen LogP contribution in [0.15, 0.2) is 273 Å². The van der Waals surface area contributed by atoms with Crippen molar-refractivity contribution in [2.45, 2.75) is 12.8 Å². The highest BCUT2D eigenvalue weighted by molar-refractivity contribution is 7.20. The number of hydrogen-bond acceptors (Lipinski definition) is 0. The molecule has 0 atom stereocenters. The molecular weight excluding hydrogens is 949 g/mol. The highest BCUT2D eigenvalue weighted by Gasteiger charge is 2.43. The molecule has 4 aromatic heterocycles. The van der Waals surface area contributed by atoms with Gasteiger partial charge in [0.05, 0.1) is 38.6 Å². The topological polar surface area (TPSA) is 19.7 Å². The highest BCUT2D eigenvalue weighted by Crippen LogP contribution is 2.39. The Labute approximate surface area is 446 Å². The van der Waals surface area contributed by atoms with Crippen molar-refractivity contribution in [1.82, 2.24) is 18.3 Å². The van der Waals surface area contributed by atoms with E-state index in [1.54, 1.807) is 0 Å². The Balaban J connectivity index is 1.11. The van der Waals surface area contributed by atoms with Crippen LogP contribution in [0.1, 0.15) is 17.7 Å². The number of fused-ring (bicyclic) bond motifs is 12. The van der Waals surface area contributed by atoms with Crippen molar-refractivity contribution in [3.8, 4) is 22.7 Å². The fourth-order valence-electron chi connectivity index (χ4n) is 13.6. The van der Waals surface area contributed by atoms with E-state index in [0.717, 1.165) is 35.6 Å². The van der Waals surface area contributed by atoms with E-state index in [1.807, 2.05) is 0 Å².